The van der Waals surface area contributed by atoms with Gasteiger partial charge in [-0.25, -0.2) is 0 Å². The van der Waals surface area contributed by atoms with Crippen LogP contribution in [0.2, 0.25) is 0 Å². The molecule has 0 atom stereocenters. The molecule has 3 rings (SSSR count). The summed E-state index contributed by atoms with van der Waals surface area (Å²) in [5.41, 5.74) is 4.65. The molecule has 1 aliphatic carbocycles. The van der Waals surface area contributed by atoms with Crippen molar-refractivity contribution in [1.29, 1.82) is 0 Å². The van der Waals surface area contributed by atoms with E-state index < -0.39 is 11.7 Å². The van der Waals surface area contributed by atoms with Gasteiger partial charge in [-0.1, -0.05) is 18.2 Å². The first kappa shape index (κ1) is 16.6. The van der Waals surface area contributed by atoms with E-state index in [0.29, 0.717) is 5.76 Å². The predicted octanol–water partition coefficient (Wildman–Crippen LogP) is 3.42. The number of carbonyl (C=O) groups excluding carboxylic acids is 1. The van der Waals surface area contributed by atoms with Crippen LogP contribution in [-0.4, -0.2) is 23.4 Å². The summed E-state index contributed by atoms with van der Waals surface area (Å²) in [5, 5.41) is 0. The highest BCUT2D eigenvalue weighted by Crippen LogP contribution is 2.38. The van der Waals surface area contributed by atoms with Crippen molar-refractivity contribution in [2.45, 2.75) is 31.6 Å². The van der Waals surface area contributed by atoms with Crippen molar-refractivity contribution in [2.24, 2.45) is 5.73 Å². The van der Waals surface area contributed by atoms with Crippen LogP contribution >= 0.6 is 0 Å². The van der Waals surface area contributed by atoms with Crippen LogP contribution < -0.4 is 5.73 Å². The maximum atomic E-state index is 13.1. The van der Waals surface area contributed by atoms with Gasteiger partial charge >= 0.3 is 6.18 Å². The average molecular weight is 338 g/mol. The van der Waals surface area contributed by atoms with Crippen LogP contribution in [0.15, 0.2) is 40.8 Å². The lowest BCUT2D eigenvalue weighted by Crippen LogP contribution is -2.37. The van der Waals surface area contributed by atoms with Gasteiger partial charge in [0, 0.05) is 11.6 Å². The number of amides is 1. The fourth-order valence-corrected chi connectivity index (χ4v) is 2.65. The normalized spacial score (nSPS) is 14.7. The number of nitrogens with two attached hydrogens (primary N) is 1. The lowest BCUT2D eigenvalue weighted by atomic mass is 10.1. The van der Waals surface area contributed by atoms with Crippen LogP contribution in [0, 0.1) is 0 Å². The van der Waals surface area contributed by atoms with E-state index >= 15 is 0 Å². The summed E-state index contributed by atoms with van der Waals surface area (Å²) in [7, 11) is 0. The number of nitrogens with zero attached hydrogens (tertiary/aromatic N) is 1. The number of furan rings is 1. The number of rotatable bonds is 5. The quantitative estimate of drug-likeness (QED) is 0.909. The Hall–Kier alpha value is -2.28. The molecular formula is C17H17F3N2O2. The zero-order valence-electron chi connectivity index (χ0n) is 12.8. The minimum atomic E-state index is -4.46. The summed E-state index contributed by atoms with van der Waals surface area (Å²) in [5.74, 6) is 0.385. The lowest BCUT2D eigenvalue weighted by molar-refractivity contribution is -0.137. The second-order valence-corrected chi connectivity index (χ2v) is 5.77. The monoisotopic (exact) mass is 338 g/mol. The molecule has 0 saturated heterocycles. The third-order valence-corrected chi connectivity index (χ3v) is 3.97. The largest absolute Gasteiger partial charge is 0.459 e. The van der Waals surface area contributed by atoms with Crippen molar-refractivity contribution in [3.63, 3.8) is 0 Å². The Morgan fingerprint density at radius 2 is 1.92 bits per heavy atom. The van der Waals surface area contributed by atoms with Crippen molar-refractivity contribution >= 4 is 5.91 Å². The molecule has 2 N–H and O–H groups in total. The zero-order valence-corrected chi connectivity index (χ0v) is 12.8. The minimum absolute atomic E-state index is 0.0145. The zero-order chi connectivity index (χ0) is 17.3. The summed E-state index contributed by atoms with van der Waals surface area (Å²) >= 11 is 0. The van der Waals surface area contributed by atoms with E-state index in [1.807, 2.05) is 0 Å². The van der Waals surface area contributed by atoms with Gasteiger partial charge in [-0.05, 0) is 31.0 Å². The van der Waals surface area contributed by atoms with Crippen molar-refractivity contribution in [2.75, 3.05) is 6.54 Å². The summed E-state index contributed by atoms with van der Waals surface area (Å²) < 4.78 is 44.9. The van der Waals surface area contributed by atoms with E-state index in [4.69, 9.17) is 10.2 Å². The highest BCUT2D eigenvalue weighted by atomic mass is 19.4. The van der Waals surface area contributed by atoms with Crippen molar-refractivity contribution in [3.05, 3.63) is 47.7 Å². The van der Waals surface area contributed by atoms with Gasteiger partial charge < -0.3 is 15.1 Å². The van der Waals surface area contributed by atoms with Gasteiger partial charge in [0.05, 0.1) is 18.7 Å². The third kappa shape index (κ3) is 3.46. The number of hydrogen-bond donors (Lipinski definition) is 1. The van der Waals surface area contributed by atoms with Gasteiger partial charge in [-0.3, -0.25) is 4.79 Å². The number of hydrogen-bond acceptors (Lipinski definition) is 3. The Morgan fingerprint density at radius 3 is 2.54 bits per heavy atom. The Bertz CT molecular complexity index is 735. The summed E-state index contributed by atoms with van der Waals surface area (Å²) in [6, 6.07) is 8.50. The SMILES string of the molecule is NCC(=O)N(Cc1ccc(-c2ccccc2C(F)(F)F)o1)C1CC1. The van der Waals surface area contributed by atoms with Gasteiger partial charge in [0.2, 0.25) is 5.91 Å². The van der Waals surface area contributed by atoms with Gasteiger partial charge in [-0.15, -0.1) is 0 Å². The standard InChI is InChI=1S/C17H17F3N2O2/c18-17(19,20)14-4-2-1-3-13(14)15-8-7-12(24-15)10-22(11-5-6-11)16(23)9-21/h1-4,7-8,11H,5-6,9-10,21H2. The molecule has 1 aliphatic rings. The number of benzene rings is 1. The summed E-state index contributed by atoms with van der Waals surface area (Å²) in [6.45, 7) is 0.121. The Labute approximate surface area is 137 Å². The molecule has 2 aromatic rings. The van der Waals surface area contributed by atoms with E-state index in [9.17, 15) is 18.0 Å². The first-order chi connectivity index (χ1) is 11.4. The van der Waals surface area contributed by atoms with Crippen molar-refractivity contribution < 1.29 is 22.4 Å². The molecule has 4 nitrogen and oxygen atoms in total. The molecule has 0 unspecified atom stereocenters. The molecule has 128 valence electrons. The Balaban J connectivity index is 1.85. The number of alkyl halides is 3. The average Bonchev–Trinajstić information content (AvgIpc) is 3.29. The van der Waals surface area contributed by atoms with Gasteiger partial charge in [0.1, 0.15) is 11.5 Å². The maximum absolute atomic E-state index is 13.1. The molecule has 1 fully saturated rings. The lowest BCUT2D eigenvalue weighted by Gasteiger charge is -2.20. The second-order valence-electron chi connectivity index (χ2n) is 5.77. The predicted molar refractivity (Wildman–Crippen MR) is 81.8 cm³/mol. The molecule has 1 saturated carbocycles. The summed E-state index contributed by atoms with van der Waals surface area (Å²) in [4.78, 5) is 13.5. The van der Waals surface area contributed by atoms with Crippen molar-refractivity contribution in [3.8, 4) is 11.3 Å². The highest BCUT2D eigenvalue weighted by Gasteiger charge is 2.35. The molecule has 24 heavy (non-hydrogen) atoms. The first-order valence-electron chi connectivity index (χ1n) is 7.65. The molecule has 0 radical (unpaired) electrons. The molecular weight excluding hydrogens is 321 g/mol. The van der Waals surface area contributed by atoms with Crippen molar-refractivity contribution in [1.82, 2.24) is 4.90 Å². The molecule has 0 spiro atoms. The van der Waals surface area contributed by atoms with Gasteiger partial charge in [0.25, 0.3) is 0 Å². The van der Waals surface area contributed by atoms with Crippen LogP contribution in [-0.2, 0) is 17.5 Å². The van der Waals surface area contributed by atoms with Crippen LogP contribution in [0.3, 0.4) is 0 Å². The Morgan fingerprint density at radius 1 is 1.21 bits per heavy atom. The topological polar surface area (TPSA) is 59.5 Å². The minimum Gasteiger partial charge on any atom is -0.459 e. The van der Waals surface area contributed by atoms with Crippen LogP contribution in [0.25, 0.3) is 11.3 Å². The molecule has 7 heteroatoms. The van der Waals surface area contributed by atoms with Gasteiger partial charge in [-0.2, -0.15) is 13.2 Å². The van der Waals surface area contributed by atoms with E-state index in [0.717, 1.165) is 18.9 Å². The highest BCUT2D eigenvalue weighted by molar-refractivity contribution is 5.78. The fourth-order valence-electron chi connectivity index (χ4n) is 2.65. The number of carbonyl (C=O) groups is 1. The van der Waals surface area contributed by atoms with Crippen LogP contribution in [0.4, 0.5) is 13.2 Å². The molecule has 0 bridgehead atoms. The molecule has 1 heterocycles. The molecule has 1 amide bonds. The molecule has 1 aromatic heterocycles. The van der Waals surface area contributed by atoms with E-state index in [-0.39, 0.29) is 36.4 Å². The fraction of sp³-hybridized carbons (Fsp3) is 0.353. The van der Waals surface area contributed by atoms with Gasteiger partial charge in [0.15, 0.2) is 0 Å². The third-order valence-electron chi connectivity index (χ3n) is 3.97. The molecule has 1 aromatic carbocycles. The van der Waals surface area contributed by atoms with Crippen LogP contribution in [0.1, 0.15) is 24.2 Å². The second kappa shape index (κ2) is 6.32. The Kier molecular flexibility index (Phi) is 4.36. The number of halogens is 3. The van der Waals surface area contributed by atoms with E-state index in [1.165, 1.54) is 24.3 Å². The summed E-state index contributed by atoms with van der Waals surface area (Å²) in [6.07, 6.45) is -2.63. The van der Waals surface area contributed by atoms with E-state index in [1.54, 1.807) is 11.0 Å². The first-order valence-corrected chi connectivity index (χ1v) is 7.65. The van der Waals surface area contributed by atoms with E-state index in [2.05, 4.69) is 0 Å². The van der Waals surface area contributed by atoms with Crippen LogP contribution in [0.5, 0.6) is 0 Å². The smallest absolute Gasteiger partial charge is 0.417 e. The molecule has 0 aliphatic heterocycles. The maximum Gasteiger partial charge on any atom is 0.417 e.